The molecule has 0 amide bonds. The first-order valence-corrected chi connectivity index (χ1v) is 18.9. The summed E-state index contributed by atoms with van der Waals surface area (Å²) in [5.74, 6) is 0. The standard InChI is InChI=1S/C34H28N4.2F6P/c1-5-29(6-2-27(1)25-37-21-13-33(14-22-37)31-9-17-35-18-10-31)30-7-3-28(4-8-30)26-38-23-15-34(16-24-38)32-11-19-36-20-12-32;2*1-7(2,3,4,5)6/h1-24H,25-26H2;;/q+2;2*-1. The molecule has 2 aromatic carbocycles. The minimum Gasteiger partial charge on any atom is -0.265 e. The predicted molar refractivity (Wildman–Crippen MR) is 177 cm³/mol. The summed E-state index contributed by atoms with van der Waals surface area (Å²) >= 11 is 0. The number of pyridine rings is 4. The maximum atomic E-state index is 9.87. The SMILES string of the molecule is F[P-](F)(F)(F)(F)F.F[P-](F)(F)(F)(F)F.c1cc(-c2cc[n+](Cc3ccc(-c4ccc(C[n+]5ccc(-c6ccncc6)cc5)cc4)cc3)cc2)ccn1. The molecule has 6 rings (SSSR count). The normalized spacial score (nSPS) is 14.2. The Hall–Kier alpha value is -4.94. The van der Waals surface area contributed by atoms with E-state index >= 15 is 0 Å². The van der Waals surface area contributed by atoms with Gasteiger partial charge in [-0.05, 0) is 57.6 Å². The van der Waals surface area contributed by atoms with Crippen molar-refractivity contribution < 1.29 is 59.5 Å². The average molecular weight is 783 g/mol. The summed E-state index contributed by atoms with van der Waals surface area (Å²) in [4.78, 5) is 8.20. The summed E-state index contributed by atoms with van der Waals surface area (Å²) in [5.41, 5.74) is 9.77. The van der Waals surface area contributed by atoms with Crippen molar-refractivity contribution in [1.82, 2.24) is 9.97 Å². The zero-order chi connectivity index (χ0) is 38.4. The first-order valence-electron chi connectivity index (χ1n) is 14.8. The van der Waals surface area contributed by atoms with E-state index in [0.29, 0.717) is 0 Å². The van der Waals surface area contributed by atoms with Gasteiger partial charge in [-0.3, -0.25) is 9.97 Å². The van der Waals surface area contributed by atoms with Crippen LogP contribution < -0.4 is 9.13 Å². The molecule has 0 atom stereocenters. The van der Waals surface area contributed by atoms with Crippen LogP contribution in [0, 0.1) is 0 Å². The van der Waals surface area contributed by atoms with Gasteiger partial charge in [0.15, 0.2) is 37.9 Å². The van der Waals surface area contributed by atoms with Crippen LogP contribution in [0.15, 0.2) is 147 Å². The van der Waals surface area contributed by atoms with Gasteiger partial charge in [0.25, 0.3) is 0 Å². The second-order valence-corrected chi connectivity index (χ2v) is 15.1. The van der Waals surface area contributed by atoms with Crippen molar-refractivity contribution >= 4 is 15.6 Å². The van der Waals surface area contributed by atoms with Gasteiger partial charge < -0.3 is 0 Å². The molecule has 0 saturated carbocycles. The average Bonchev–Trinajstić information content (AvgIpc) is 3.04. The Balaban J connectivity index is 0.000000367. The molecule has 0 unspecified atom stereocenters. The monoisotopic (exact) mass is 782 g/mol. The summed E-state index contributed by atoms with van der Waals surface area (Å²) in [7, 11) is -21.3. The third kappa shape index (κ3) is 17.3. The number of rotatable bonds is 7. The first-order chi connectivity index (χ1) is 23.7. The molecular formula is C34H28F12N4P2. The molecule has 6 aromatic rings. The van der Waals surface area contributed by atoms with E-state index in [1.807, 2.05) is 49.1 Å². The van der Waals surface area contributed by atoms with Crippen molar-refractivity contribution in [3.8, 4) is 33.4 Å². The van der Waals surface area contributed by atoms with Gasteiger partial charge in [0.05, 0.1) is 0 Å². The molecule has 0 aliphatic heterocycles. The Morgan fingerprint density at radius 2 is 0.538 bits per heavy atom. The molecule has 4 aromatic heterocycles. The van der Waals surface area contributed by atoms with E-state index in [1.165, 1.54) is 44.5 Å². The van der Waals surface area contributed by atoms with Gasteiger partial charge in [-0.2, -0.15) is 0 Å². The fourth-order valence-electron chi connectivity index (χ4n) is 4.63. The molecule has 278 valence electrons. The van der Waals surface area contributed by atoms with Crippen molar-refractivity contribution in [3.05, 3.63) is 158 Å². The zero-order valence-corrected chi connectivity index (χ0v) is 28.3. The molecule has 0 radical (unpaired) electrons. The van der Waals surface area contributed by atoms with E-state index in [2.05, 4.69) is 117 Å². The summed E-state index contributed by atoms with van der Waals surface area (Å²) in [6.45, 7) is 1.68. The van der Waals surface area contributed by atoms with Gasteiger partial charge in [-0.1, -0.05) is 48.5 Å². The summed E-state index contributed by atoms with van der Waals surface area (Å²) in [6.07, 6.45) is 15.8. The Morgan fingerprint density at radius 1 is 0.327 bits per heavy atom. The molecular weight excluding hydrogens is 754 g/mol. The van der Waals surface area contributed by atoms with Crippen molar-refractivity contribution in [3.63, 3.8) is 0 Å². The largest absolute Gasteiger partial charge is 0.265 e. The Morgan fingerprint density at radius 3 is 0.788 bits per heavy atom. The maximum Gasteiger partial charge on any atom is 0.173 e. The van der Waals surface area contributed by atoms with E-state index in [1.54, 1.807) is 0 Å². The quantitative estimate of drug-likeness (QED) is 0.0918. The number of nitrogens with zero attached hydrogens (tertiary/aromatic N) is 4. The summed E-state index contributed by atoms with van der Waals surface area (Å²) in [5, 5.41) is 0. The van der Waals surface area contributed by atoms with Crippen molar-refractivity contribution in [2.75, 3.05) is 0 Å². The van der Waals surface area contributed by atoms with Crippen molar-refractivity contribution in [2.24, 2.45) is 0 Å². The molecule has 0 N–H and O–H groups in total. The van der Waals surface area contributed by atoms with Crippen LogP contribution in [-0.4, -0.2) is 9.97 Å². The fraction of sp³-hybridized carbons (Fsp3) is 0.0588. The van der Waals surface area contributed by atoms with Crippen LogP contribution in [0.1, 0.15) is 11.1 Å². The smallest absolute Gasteiger partial charge is 0.173 e. The van der Waals surface area contributed by atoms with E-state index < -0.39 is 15.6 Å². The second-order valence-electron chi connectivity index (χ2n) is 11.3. The minimum absolute atomic E-state index is 0.840. The van der Waals surface area contributed by atoms with E-state index in [4.69, 9.17) is 0 Å². The Kier molecular flexibility index (Phi) is 10.4. The zero-order valence-electron chi connectivity index (χ0n) is 26.5. The molecule has 0 spiro atoms. The van der Waals surface area contributed by atoms with Crippen LogP contribution in [0.25, 0.3) is 33.4 Å². The van der Waals surface area contributed by atoms with Crippen LogP contribution in [0.2, 0.25) is 0 Å². The molecule has 0 bridgehead atoms. The number of hydrogen-bond donors (Lipinski definition) is 0. The number of aromatic nitrogens is 4. The molecule has 18 heteroatoms. The third-order valence-corrected chi connectivity index (χ3v) is 6.78. The van der Waals surface area contributed by atoms with E-state index in [-0.39, 0.29) is 0 Å². The van der Waals surface area contributed by atoms with Crippen LogP contribution in [0.5, 0.6) is 0 Å². The van der Waals surface area contributed by atoms with Gasteiger partial charge in [0.1, 0.15) is 0 Å². The topological polar surface area (TPSA) is 33.5 Å². The second kappa shape index (κ2) is 13.6. The summed E-state index contributed by atoms with van der Waals surface area (Å²) in [6, 6.07) is 34.4. The van der Waals surface area contributed by atoms with Crippen molar-refractivity contribution in [1.29, 1.82) is 0 Å². The summed E-state index contributed by atoms with van der Waals surface area (Å²) < 4.78 is 123. The molecule has 4 heterocycles. The number of benzene rings is 2. The Labute approximate surface area is 289 Å². The van der Waals surface area contributed by atoms with Gasteiger partial charge in [0.2, 0.25) is 0 Å². The van der Waals surface area contributed by atoms with Gasteiger partial charge >= 0.3 is 66.0 Å². The molecule has 4 nitrogen and oxygen atoms in total. The molecule has 0 saturated heterocycles. The van der Waals surface area contributed by atoms with Crippen LogP contribution in [-0.2, 0) is 13.1 Å². The van der Waals surface area contributed by atoms with Gasteiger partial charge in [0, 0.05) is 60.2 Å². The van der Waals surface area contributed by atoms with E-state index in [0.717, 1.165) is 13.1 Å². The molecule has 0 aliphatic rings. The first kappa shape index (κ1) is 39.8. The van der Waals surface area contributed by atoms with Crippen LogP contribution >= 0.6 is 15.6 Å². The number of halogens is 12. The van der Waals surface area contributed by atoms with Crippen LogP contribution in [0.3, 0.4) is 0 Å². The Bertz CT molecular complexity index is 1890. The van der Waals surface area contributed by atoms with Gasteiger partial charge in [-0.15, -0.1) is 0 Å². The molecule has 0 fully saturated rings. The predicted octanol–water partition coefficient (Wildman–Crippen LogP) is 12.9. The van der Waals surface area contributed by atoms with Gasteiger partial charge in [-0.25, -0.2) is 9.13 Å². The van der Waals surface area contributed by atoms with Crippen LogP contribution in [0.4, 0.5) is 50.4 Å². The number of hydrogen-bond acceptors (Lipinski definition) is 2. The maximum absolute atomic E-state index is 10.7. The minimum atomic E-state index is -10.7. The van der Waals surface area contributed by atoms with E-state index in [9.17, 15) is 50.4 Å². The fourth-order valence-corrected chi connectivity index (χ4v) is 4.63. The third-order valence-electron chi connectivity index (χ3n) is 6.78. The van der Waals surface area contributed by atoms with Crippen molar-refractivity contribution in [2.45, 2.75) is 13.1 Å². The molecule has 0 aliphatic carbocycles. The molecule has 52 heavy (non-hydrogen) atoms.